The predicted octanol–water partition coefficient (Wildman–Crippen LogP) is 2.81. The monoisotopic (exact) mass is 337 g/mol. The molecule has 0 saturated heterocycles. The lowest BCUT2D eigenvalue weighted by molar-refractivity contribution is 0.0940. The summed E-state index contributed by atoms with van der Waals surface area (Å²) < 4.78 is 49.4. The normalized spacial score (nSPS) is 16.6. The molecule has 0 atom stereocenters. The lowest BCUT2D eigenvalue weighted by atomic mass is 10.0. The Kier molecular flexibility index (Phi) is 4.26. The Bertz CT molecular complexity index is 687. The average molecular weight is 338 g/mol. The number of nitrogens with one attached hydrogen (secondary N) is 1. The van der Waals surface area contributed by atoms with Crippen LogP contribution >= 0.6 is 10.7 Å². The van der Waals surface area contributed by atoms with Crippen LogP contribution in [0.15, 0.2) is 17.0 Å². The highest BCUT2D eigenvalue weighted by molar-refractivity contribution is 8.13. The van der Waals surface area contributed by atoms with E-state index in [0.717, 1.165) is 19.3 Å². The zero-order valence-corrected chi connectivity index (χ0v) is 12.8. The molecule has 1 N–H and O–H groups in total. The van der Waals surface area contributed by atoms with Crippen LogP contribution in [-0.4, -0.2) is 20.9 Å². The minimum Gasteiger partial charge on any atom is -0.351 e. The number of benzene rings is 1. The summed E-state index contributed by atoms with van der Waals surface area (Å²) >= 11 is 0. The van der Waals surface area contributed by atoms with E-state index in [-0.39, 0.29) is 5.41 Å². The molecule has 1 aromatic carbocycles. The van der Waals surface area contributed by atoms with Gasteiger partial charge in [-0.15, -0.1) is 0 Å². The summed E-state index contributed by atoms with van der Waals surface area (Å²) in [6.45, 7) is 2.37. The first-order valence-corrected chi connectivity index (χ1v) is 8.71. The summed E-state index contributed by atoms with van der Waals surface area (Å²) in [7, 11) is 0.662. The fourth-order valence-corrected chi connectivity index (χ4v) is 2.99. The minimum atomic E-state index is -4.39. The van der Waals surface area contributed by atoms with Crippen LogP contribution in [0.2, 0.25) is 0 Å². The van der Waals surface area contributed by atoms with Gasteiger partial charge in [-0.25, -0.2) is 17.2 Å². The van der Waals surface area contributed by atoms with Crippen LogP contribution in [0, 0.1) is 17.0 Å². The van der Waals surface area contributed by atoms with Gasteiger partial charge < -0.3 is 5.32 Å². The Hall–Kier alpha value is -1.21. The zero-order valence-electron chi connectivity index (χ0n) is 11.3. The molecule has 0 aromatic heterocycles. The van der Waals surface area contributed by atoms with Crippen molar-refractivity contribution in [3.05, 3.63) is 29.3 Å². The second kappa shape index (κ2) is 5.53. The Morgan fingerprint density at radius 1 is 1.33 bits per heavy atom. The van der Waals surface area contributed by atoms with E-state index >= 15 is 0 Å². The van der Waals surface area contributed by atoms with Crippen LogP contribution in [0.4, 0.5) is 8.78 Å². The first kappa shape index (κ1) is 16.2. The van der Waals surface area contributed by atoms with E-state index in [0.29, 0.717) is 18.7 Å². The highest BCUT2D eigenvalue weighted by atomic mass is 35.7. The maximum Gasteiger partial charge on any atom is 0.264 e. The van der Waals surface area contributed by atoms with Gasteiger partial charge >= 0.3 is 0 Å². The molecule has 4 nitrogen and oxygen atoms in total. The molecule has 116 valence electrons. The molecule has 2 rings (SSSR count). The smallest absolute Gasteiger partial charge is 0.264 e. The molecule has 0 heterocycles. The van der Waals surface area contributed by atoms with Gasteiger partial charge in [-0.05, 0) is 30.7 Å². The lowest BCUT2D eigenvalue weighted by Crippen LogP contribution is -2.30. The van der Waals surface area contributed by atoms with Crippen molar-refractivity contribution in [1.29, 1.82) is 0 Å². The molecule has 1 aliphatic rings. The largest absolute Gasteiger partial charge is 0.351 e. The van der Waals surface area contributed by atoms with Gasteiger partial charge in [0.15, 0.2) is 0 Å². The fraction of sp³-hybridized carbons (Fsp3) is 0.462. The summed E-state index contributed by atoms with van der Waals surface area (Å²) in [6, 6.07) is 0.963. The van der Waals surface area contributed by atoms with E-state index in [1.807, 2.05) is 6.92 Å². The summed E-state index contributed by atoms with van der Waals surface area (Å²) in [5.74, 6) is -3.24. The number of hydrogen-bond acceptors (Lipinski definition) is 3. The van der Waals surface area contributed by atoms with Gasteiger partial charge in [0.2, 0.25) is 0 Å². The summed E-state index contributed by atoms with van der Waals surface area (Å²) in [5.41, 5.74) is -0.490. The van der Waals surface area contributed by atoms with E-state index in [1.54, 1.807) is 0 Å². The van der Waals surface area contributed by atoms with Crippen molar-refractivity contribution in [1.82, 2.24) is 5.32 Å². The van der Waals surface area contributed by atoms with E-state index in [9.17, 15) is 22.0 Å². The molecule has 0 aliphatic heterocycles. The van der Waals surface area contributed by atoms with Crippen LogP contribution in [-0.2, 0) is 9.05 Å². The Balaban J connectivity index is 2.24. The zero-order chi connectivity index (χ0) is 15.8. The van der Waals surface area contributed by atoms with Crippen molar-refractivity contribution in [2.24, 2.45) is 5.41 Å². The number of halogens is 3. The lowest BCUT2D eigenvalue weighted by Gasteiger charge is -2.14. The average Bonchev–Trinajstić information content (AvgIpc) is 3.15. The van der Waals surface area contributed by atoms with E-state index in [1.165, 1.54) is 0 Å². The predicted molar refractivity (Wildman–Crippen MR) is 73.7 cm³/mol. The third-order valence-corrected chi connectivity index (χ3v) is 5.20. The van der Waals surface area contributed by atoms with Crippen LogP contribution in [0.3, 0.4) is 0 Å². The van der Waals surface area contributed by atoms with E-state index < -0.39 is 37.1 Å². The maximum atomic E-state index is 13.6. The molecule has 1 aliphatic carbocycles. The topological polar surface area (TPSA) is 63.2 Å². The molecule has 1 aromatic rings. The van der Waals surface area contributed by atoms with Crippen molar-refractivity contribution in [2.45, 2.75) is 31.1 Å². The van der Waals surface area contributed by atoms with Crippen LogP contribution < -0.4 is 5.32 Å². The summed E-state index contributed by atoms with van der Waals surface area (Å²) in [6.07, 6.45) is 2.86. The minimum absolute atomic E-state index is 0.0492. The molecular weight excluding hydrogens is 324 g/mol. The molecule has 0 unspecified atom stereocenters. The molecule has 1 amide bonds. The third-order valence-electron chi connectivity index (χ3n) is 3.86. The number of rotatable bonds is 5. The molecule has 0 radical (unpaired) electrons. The molecular formula is C13H14ClF2NO3S. The highest BCUT2D eigenvalue weighted by Gasteiger charge is 2.40. The fourth-order valence-electron chi connectivity index (χ4n) is 2.09. The summed E-state index contributed by atoms with van der Waals surface area (Å²) in [5, 5.41) is 2.55. The Morgan fingerprint density at radius 2 is 1.95 bits per heavy atom. The second-order valence-electron chi connectivity index (χ2n) is 5.24. The Morgan fingerprint density at radius 3 is 2.43 bits per heavy atom. The van der Waals surface area contributed by atoms with Gasteiger partial charge in [0, 0.05) is 23.3 Å². The number of carbonyl (C=O) groups excluding carboxylic acids is 1. The first-order chi connectivity index (χ1) is 9.68. The van der Waals surface area contributed by atoms with Crippen molar-refractivity contribution < 1.29 is 22.0 Å². The molecule has 1 saturated carbocycles. The summed E-state index contributed by atoms with van der Waals surface area (Å²) in [4.78, 5) is 11.0. The van der Waals surface area contributed by atoms with Crippen molar-refractivity contribution >= 4 is 25.6 Å². The second-order valence-corrected chi connectivity index (χ2v) is 7.77. The molecule has 1 fully saturated rings. The maximum absolute atomic E-state index is 13.6. The number of hydrogen-bond donors (Lipinski definition) is 1. The standard InChI is InChI=1S/C13H14ClF2NO3S/c1-2-13(3-4-13)7-17-12(18)8-5-11(21(14,19)20)10(16)6-9(8)15/h5-6H,2-4,7H2,1H3,(H,17,18). The van der Waals surface area contributed by atoms with Gasteiger partial charge in [-0.2, -0.15) is 0 Å². The van der Waals surface area contributed by atoms with Crippen LogP contribution in [0.5, 0.6) is 0 Å². The third kappa shape index (κ3) is 3.52. The van der Waals surface area contributed by atoms with E-state index in [2.05, 4.69) is 5.32 Å². The number of amides is 1. The van der Waals surface area contributed by atoms with Crippen LogP contribution in [0.25, 0.3) is 0 Å². The van der Waals surface area contributed by atoms with Gasteiger partial charge in [0.1, 0.15) is 16.5 Å². The van der Waals surface area contributed by atoms with Gasteiger partial charge in [0.05, 0.1) is 5.56 Å². The van der Waals surface area contributed by atoms with E-state index in [4.69, 9.17) is 10.7 Å². The molecule has 8 heteroatoms. The first-order valence-electron chi connectivity index (χ1n) is 6.40. The molecule has 0 bridgehead atoms. The van der Waals surface area contributed by atoms with Crippen molar-refractivity contribution in [2.75, 3.05) is 6.54 Å². The van der Waals surface area contributed by atoms with Gasteiger partial charge in [-0.1, -0.05) is 6.92 Å². The SMILES string of the molecule is CCC1(CNC(=O)c2cc(S(=O)(=O)Cl)c(F)cc2F)CC1. The Labute approximate surface area is 125 Å². The molecule has 21 heavy (non-hydrogen) atoms. The van der Waals surface area contributed by atoms with Crippen molar-refractivity contribution in [3.63, 3.8) is 0 Å². The van der Waals surface area contributed by atoms with Crippen molar-refractivity contribution in [3.8, 4) is 0 Å². The quantitative estimate of drug-likeness (QED) is 0.840. The van der Waals surface area contributed by atoms with Gasteiger partial charge in [0.25, 0.3) is 15.0 Å². The van der Waals surface area contributed by atoms with Gasteiger partial charge in [-0.3, -0.25) is 4.79 Å². The number of carbonyl (C=O) groups is 1. The highest BCUT2D eigenvalue weighted by Crippen LogP contribution is 2.47. The molecule has 0 spiro atoms. The van der Waals surface area contributed by atoms with Crippen LogP contribution in [0.1, 0.15) is 36.5 Å².